The van der Waals surface area contributed by atoms with Crippen LogP contribution in [0.2, 0.25) is 5.02 Å². The van der Waals surface area contributed by atoms with Crippen molar-refractivity contribution in [1.29, 1.82) is 0 Å². The molecule has 2 aromatic rings. The molecule has 1 N–H and O–H groups in total. The van der Waals surface area contributed by atoms with Crippen LogP contribution < -0.4 is 5.32 Å². The van der Waals surface area contributed by atoms with E-state index >= 15 is 0 Å². The summed E-state index contributed by atoms with van der Waals surface area (Å²) in [5, 5.41) is 4.21. The second-order valence-corrected chi connectivity index (χ2v) is 4.74. The third-order valence-corrected chi connectivity index (χ3v) is 2.99. The molecule has 0 spiro atoms. The van der Waals surface area contributed by atoms with Crippen LogP contribution in [0.4, 0.5) is 5.69 Å². The van der Waals surface area contributed by atoms with Crippen LogP contribution in [0, 0.1) is 13.8 Å². The molecule has 0 bridgehead atoms. The highest BCUT2D eigenvalue weighted by molar-refractivity contribution is 6.30. The van der Waals surface area contributed by atoms with Crippen LogP contribution in [0.25, 0.3) is 0 Å². The summed E-state index contributed by atoms with van der Waals surface area (Å²) in [6.07, 6.45) is 0. The van der Waals surface area contributed by atoms with Crippen molar-refractivity contribution in [3.8, 4) is 0 Å². The van der Waals surface area contributed by atoms with Crippen molar-refractivity contribution in [2.75, 3.05) is 5.32 Å². The van der Waals surface area contributed by atoms with E-state index in [1.165, 1.54) is 16.7 Å². The summed E-state index contributed by atoms with van der Waals surface area (Å²) in [6.45, 7) is 5.01. The van der Waals surface area contributed by atoms with E-state index in [-0.39, 0.29) is 0 Å². The van der Waals surface area contributed by atoms with Crippen LogP contribution in [-0.2, 0) is 6.54 Å². The van der Waals surface area contributed by atoms with Gasteiger partial charge >= 0.3 is 0 Å². The van der Waals surface area contributed by atoms with Gasteiger partial charge in [0.15, 0.2) is 0 Å². The zero-order valence-electron chi connectivity index (χ0n) is 10.1. The van der Waals surface area contributed by atoms with Crippen LogP contribution in [0.5, 0.6) is 0 Å². The zero-order chi connectivity index (χ0) is 12.3. The summed E-state index contributed by atoms with van der Waals surface area (Å²) in [6, 6.07) is 14.4. The molecular weight excluding hydrogens is 230 g/mol. The summed E-state index contributed by atoms with van der Waals surface area (Å²) < 4.78 is 0. The molecule has 0 fully saturated rings. The lowest BCUT2D eigenvalue weighted by molar-refractivity contribution is 1.13. The van der Waals surface area contributed by atoms with Crippen molar-refractivity contribution < 1.29 is 0 Å². The molecule has 0 radical (unpaired) electrons. The minimum atomic E-state index is 0.781. The molecule has 0 heterocycles. The topological polar surface area (TPSA) is 12.0 Å². The van der Waals surface area contributed by atoms with Crippen molar-refractivity contribution in [2.24, 2.45) is 0 Å². The van der Waals surface area contributed by atoms with E-state index in [9.17, 15) is 0 Å². The Bertz CT molecular complexity index is 520. The smallest absolute Gasteiger partial charge is 0.0410 e. The molecule has 17 heavy (non-hydrogen) atoms. The molecule has 0 aliphatic heterocycles. The predicted molar refractivity (Wildman–Crippen MR) is 74.7 cm³/mol. The van der Waals surface area contributed by atoms with Gasteiger partial charge in [-0.1, -0.05) is 41.4 Å². The van der Waals surface area contributed by atoms with Gasteiger partial charge in [0.1, 0.15) is 0 Å². The molecule has 0 unspecified atom stereocenters. The molecule has 0 amide bonds. The van der Waals surface area contributed by atoms with Gasteiger partial charge in [-0.25, -0.2) is 0 Å². The lowest BCUT2D eigenvalue weighted by Crippen LogP contribution is -2.01. The molecule has 0 aromatic heterocycles. The minimum absolute atomic E-state index is 0.781. The number of hydrogen-bond acceptors (Lipinski definition) is 1. The monoisotopic (exact) mass is 245 g/mol. The number of anilines is 1. The van der Waals surface area contributed by atoms with E-state index in [1.54, 1.807) is 0 Å². The molecule has 2 aromatic carbocycles. The van der Waals surface area contributed by atoms with Crippen molar-refractivity contribution in [3.05, 3.63) is 64.2 Å². The summed E-state index contributed by atoms with van der Waals surface area (Å²) in [4.78, 5) is 0. The van der Waals surface area contributed by atoms with Gasteiger partial charge in [-0.3, -0.25) is 0 Å². The third-order valence-electron chi connectivity index (χ3n) is 2.75. The van der Waals surface area contributed by atoms with E-state index < -0.39 is 0 Å². The average molecular weight is 246 g/mol. The maximum atomic E-state index is 5.93. The second kappa shape index (κ2) is 5.24. The molecule has 0 atom stereocenters. The maximum absolute atomic E-state index is 5.93. The first-order valence-corrected chi connectivity index (χ1v) is 6.08. The largest absolute Gasteiger partial charge is 0.381 e. The van der Waals surface area contributed by atoms with Gasteiger partial charge in [-0.15, -0.1) is 0 Å². The first-order chi connectivity index (χ1) is 8.15. The summed E-state index contributed by atoms with van der Waals surface area (Å²) in [5.74, 6) is 0. The molecule has 0 saturated heterocycles. The van der Waals surface area contributed by atoms with E-state index in [1.807, 2.05) is 18.2 Å². The van der Waals surface area contributed by atoms with Gasteiger partial charge < -0.3 is 5.32 Å². The quantitative estimate of drug-likeness (QED) is 0.835. The SMILES string of the molecule is Cc1cccc(CNc2ccc(Cl)cc2C)c1. The van der Waals surface area contributed by atoms with Crippen LogP contribution in [0.1, 0.15) is 16.7 Å². The fourth-order valence-electron chi connectivity index (χ4n) is 1.84. The molecule has 2 rings (SSSR count). The molecule has 88 valence electrons. The zero-order valence-corrected chi connectivity index (χ0v) is 10.9. The maximum Gasteiger partial charge on any atom is 0.0410 e. The standard InChI is InChI=1S/C15H16ClN/c1-11-4-3-5-13(8-11)10-17-15-7-6-14(16)9-12(15)2/h3-9,17H,10H2,1-2H3. The number of halogens is 1. The predicted octanol–water partition coefficient (Wildman–Crippen LogP) is 4.57. The fourth-order valence-corrected chi connectivity index (χ4v) is 2.07. The van der Waals surface area contributed by atoms with Crippen LogP contribution in [0.3, 0.4) is 0 Å². The normalized spacial score (nSPS) is 10.3. The van der Waals surface area contributed by atoms with Gasteiger partial charge in [-0.2, -0.15) is 0 Å². The van der Waals surface area contributed by atoms with Gasteiger partial charge in [0.25, 0.3) is 0 Å². The Hall–Kier alpha value is -1.47. The van der Waals surface area contributed by atoms with Crippen molar-refractivity contribution in [3.63, 3.8) is 0 Å². The van der Waals surface area contributed by atoms with Crippen LogP contribution >= 0.6 is 11.6 Å². The Kier molecular flexibility index (Phi) is 3.70. The highest BCUT2D eigenvalue weighted by Crippen LogP contribution is 2.20. The number of nitrogens with one attached hydrogen (secondary N) is 1. The number of benzene rings is 2. The minimum Gasteiger partial charge on any atom is -0.381 e. The Morgan fingerprint density at radius 2 is 1.88 bits per heavy atom. The molecule has 2 heteroatoms. The van der Waals surface area contributed by atoms with E-state index in [4.69, 9.17) is 11.6 Å². The van der Waals surface area contributed by atoms with Crippen molar-refractivity contribution in [1.82, 2.24) is 0 Å². The first kappa shape index (κ1) is 12.0. The molecule has 0 saturated carbocycles. The first-order valence-electron chi connectivity index (χ1n) is 5.71. The number of hydrogen-bond donors (Lipinski definition) is 1. The molecule has 0 aliphatic rings. The Morgan fingerprint density at radius 3 is 2.59 bits per heavy atom. The van der Waals surface area contributed by atoms with E-state index in [0.29, 0.717) is 0 Å². The average Bonchev–Trinajstić information content (AvgIpc) is 2.28. The van der Waals surface area contributed by atoms with E-state index in [0.717, 1.165) is 17.3 Å². The molecular formula is C15H16ClN. The van der Waals surface area contributed by atoms with Crippen molar-refractivity contribution >= 4 is 17.3 Å². The lowest BCUT2D eigenvalue weighted by atomic mass is 10.1. The number of aryl methyl sites for hydroxylation is 2. The molecule has 1 nitrogen and oxygen atoms in total. The lowest BCUT2D eigenvalue weighted by Gasteiger charge is -2.10. The highest BCUT2D eigenvalue weighted by Gasteiger charge is 1.99. The third kappa shape index (κ3) is 3.24. The van der Waals surface area contributed by atoms with Crippen LogP contribution in [0.15, 0.2) is 42.5 Å². The number of rotatable bonds is 3. The van der Waals surface area contributed by atoms with Gasteiger partial charge in [0, 0.05) is 17.3 Å². The fraction of sp³-hybridized carbons (Fsp3) is 0.200. The van der Waals surface area contributed by atoms with Gasteiger partial charge in [0.2, 0.25) is 0 Å². The summed E-state index contributed by atoms with van der Waals surface area (Å²) >= 11 is 5.93. The second-order valence-electron chi connectivity index (χ2n) is 4.30. The Labute approximate surface area is 107 Å². The highest BCUT2D eigenvalue weighted by atomic mass is 35.5. The van der Waals surface area contributed by atoms with E-state index in [2.05, 4.69) is 43.4 Å². The molecule has 0 aliphatic carbocycles. The van der Waals surface area contributed by atoms with Gasteiger partial charge in [0.05, 0.1) is 0 Å². The van der Waals surface area contributed by atoms with Crippen LogP contribution in [-0.4, -0.2) is 0 Å². The Balaban J connectivity index is 2.07. The summed E-state index contributed by atoms with van der Waals surface area (Å²) in [7, 11) is 0. The van der Waals surface area contributed by atoms with Gasteiger partial charge in [-0.05, 0) is 43.2 Å². The van der Waals surface area contributed by atoms with Crippen molar-refractivity contribution in [2.45, 2.75) is 20.4 Å². The summed E-state index contributed by atoms with van der Waals surface area (Å²) in [5.41, 5.74) is 4.89. The Morgan fingerprint density at radius 1 is 1.06 bits per heavy atom.